The zero-order chi connectivity index (χ0) is 15.6. The van der Waals surface area contributed by atoms with Gasteiger partial charge in [0.25, 0.3) is 0 Å². The van der Waals surface area contributed by atoms with E-state index in [4.69, 9.17) is 4.74 Å². The van der Waals surface area contributed by atoms with Gasteiger partial charge in [-0.05, 0) is 55.3 Å². The molecule has 0 spiro atoms. The van der Waals surface area contributed by atoms with Crippen molar-refractivity contribution in [3.8, 4) is 16.9 Å². The SMILES string of the molecule is O/N=C1\c2ccccc2-c2ccc(OCCN3CCCC3)cc21. The smallest absolute Gasteiger partial charge is 0.120 e. The normalized spacial score (nSPS) is 18.2. The summed E-state index contributed by atoms with van der Waals surface area (Å²) in [5.74, 6) is 0.830. The van der Waals surface area contributed by atoms with E-state index in [0.29, 0.717) is 12.3 Å². The third-order valence-corrected chi connectivity index (χ3v) is 4.69. The van der Waals surface area contributed by atoms with Gasteiger partial charge in [0, 0.05) is 17.7 Å². The molecule has 0 atom stereocenters. The Morgan fingerprint density at radius 1 is 0.957 bits per heavy atom. The minimum absolute atomic E-state index is 0.626. The van der Waals surface area contributed by atoms with E-state index in [9.17, 15) is 5.21 Å². The number of fused-ring (bicyclic) bond motifs is 3. The van der Waals surface area contributed by atoms with Crippen molar-refractivity contribution in [2.24, 2.45) is 5.16 Å². The zero-order valence-electron chi connectivity index (χ0n) is 13.0. The third-order valence-electron chi connectivity index (χ3n) is 4.69. The van der Waals surface area contributed by atoms with Crippen molar-refractivity contribution < 1.29 is 9.94 Å². The van der Waals surface area contributed by atoms with Crippen LogP contribution in [0.5, 0.6) is 5.75 Å². The lowest BCUT2D eigenvalue weighted by atomic mass is 10.1. The summed E-state index contributed by atoms with van der Waals surface area (Å²) in [6.07, 6.45) is 2.60. The molecule has 118 valence electrons. The highest BCUT2D eigenvalue weighted by molar-refractivity contribution is 6.24. The maximum Gasteiger partial charge on any atom is 0.120 e. The summed E-state index contributed by atoms with van der Waals surface area (Å²) >= 11 is 0. The van der Waals surface area contributed by atoms with Gasteiger partial charge in [-0.15, -0.1) is 0 Å². The van der Waals surface area contributed by atoms with Gasteiger partial charge in [0.15, 0.2) is 0 Å². The van der Waals surface area contributed by atoms with E-state index in [-0.39, 0.29) is 0 Å². The standard InChI is InChI=1S/C19H20N2O2/c22-20-19-17-6-2-1-5-15(17)16-8-7-14(13-18(16)19)23-12-11-21-9-3-4-10-21/h1-2,5-8,13,22H,3-4,9-12H2/b20-19+. The minimum Gasteiger partial charge on any atom is -0.492 e. The van der Waals surface area contributed by atoms with E-state index in [1.165, 1.54) is 25.9 Å². The number of hydrogen-bond acceptors (Lipinski definition) is 4. The molecule has 0 saturated carbocycles. The maximum atomic E-state index is 9.41. The van der Waals surface area contributed by atoms with Gasteiger partial charge >= 0.3 is 0 Å². The van der Waals surface area contributed by atoms with E-state index >= 15 is 0 Å². The van der Waals surface area contributed by atoms with Crippen molar-refractivity contribution in [2.45, 2.75) is 12.8 Å². The number of likely N-dealkylation sites (tertiary alicyclic amines) is 1. The van der Waals surface area contributed by atoms with E-state index in [0.717, 1.165) is 34.5 Å². The Kier molecular flexibility index (Phi) is 3.75. The molecular formula is C19H20N2O2. The number of hydrogen-bond donors (Lipinski definition) is 1. The molecule has 0 radical (unpaired) electrons. The summed E-state index contributed by atoms with van der Waals surface area (Å²) in [6.45, 7) is 4.03. The number of benzene rings is 2. The summed E-state index contributed by atoms with van der Waals surface area (Å²) in [5.41, 5.74) is 4.74. The second-order valence-electron chi connectivity index (χ2n) is 6.10. The highest BCUT2D eigenvalue weighted by Gasteiger charge is 2.25. The highest BCUT2D eigenvalue weighted by Crippen LogP contribution is 2.38. The van der Waals surface area contributed by atoms with E-state index in [1.54, 1.807) is 0 Å². The largest absolute Gasteiger partial charge is 0.492 e. The van der Waals surface area contributed by atoms with Crippen molar-refractivity contribution in [3.05, 3.63) is 53.6 Å². The Hall–Kier alpha value is -2.33. The molecule has 0 bridgehead atoms. The predicted octanol–water partition coefficient (Wildman–Crippen LogP) is 3.37. The summed E-state index contributed by atoms with van der Waals surface area (Å²) < 4.78 is 5.91. The topological polar surface area (TPSA) is 45.1 Å². The van der Waals surface area contributed by atoms with Crippen LogP contribution in [0.15, 0.2) is 47.6 Å². The molecular weight excluding hydrogens is 288 g/mol. The molecule has 1 aliphatic heterocycles. The lowest BCUT2D eigenvalue weighted by molar-refractivity contribution is 0.238. The molecule has 1 N–H and O–H groups in total. The van der Waals surface area contributed by atoms with Gasteiger partial charge in [-0.25, -0.2) is 0 Å². The van der Waals surface area contributed by atoms with Crippen LogP contribution in [-0.4, -0.2) is 42.1 Å². The Morgan fingerprint density at radius 3 is 2.48 bits per heavy atom. The monoisotopic (exact) mass is 308 g/mol. The fraction of sp³-hybridized carbons (Fsp3) is 0.316. The molecule has 1 heterocycles. The van der Waals surface area contributed by atoms with E-state index in [1.807, 2.05) is 30.3 Å². The van der Waals surface area contributed by atoms with Crippen LogP contribution in [0.3, 0.4) is 0 Å². The molecule has 1 saturated heterocycles. The summed E-state index contributed by atoms with van der Waals surface area (Å²) in [7, 11) is 0. The van der Waals surface area contributed by atoms with Crippen LogP contribution in [0, 0.1) is 0 Å². The first-order valence-electron chi connectivity index (χ1n) is 8.18. The first-order valence-corrected chi connectivity index (χ1v) is 8.18. The van der Waals surface area contributed by atoms with Gasteiger partial charge in [0.2, 0.25) is 0 Å². The van der Waals surface area contributed by atoms with Gasteiger partial charge in [-0.2, -0.15) is 0 Å². The number of ether oxygens (including phenoxy) is 1. The molecule has 2 aromatic carbocycles. The van der Waals surface area contributed by atoms with Gasteiger partial charge in [0.1, 0.15) is 18.1 Å². The number of nitrogens with zero attached hydrogens (tertiary/aromatic N) is 2. The molecule has 2 aromatic rings. The van der Waals surface area contributed by atoms with Gasteiger partial charge in [-0.3, -0.25) is 4.90 Å². The number of oxime groups is 1. The average molecular weight is 308 g/mol. The van der Waals surface area contributed by atoms with Crippen LogP contribution in [-0.2, 0) is 0 Å². The third kappa shape index (κ3) is 2.59. The summed E-state index contributed by atoms with van der Waals surface area (Å²) in [4.78, 5) is 2.43. The average Bonchev–Trinajstić information content (AvgIpc) is 3.20. The molecule has 0 aromatic heterocycles. The molecule has 23 heavy (non-hydrogen) atoms. The first-order chi connectivity index (χ1) is 11.4. The predicted molar refractivity (Wildman–Crippen MR) is 90.5 cm³/mol. The van der Waals surface area contributed by atoms with Crippen LogP contribution in [0.2, 0.25) is 0 Å². The van der Waals surface area contributed by atoms with Crippen LogP contribution < -0.4 is 4.74 Å². The molecule has 0 amide bonds. The van der Waals surface area contributed by atoms with E-state index < -0.39 is 0 Å². The Bertz CT molecular complexity index is 749. The number of rotatable bonds is 4. The van der Waals surface area contributed by atoms with Crippen molar-refractivity contribution >= 4 is 5.71 Å². The summed E-state index contributed by atoms with van der Waals surface area (Å²) in [6, 6.07) is 14.0. The zero-order valence-corrected chi connectivity index (χ0v) is 13.0. The van der Waals surface area contributed by atoms with Crippen LogP contribution in [0.1, 0.15) is 24.0 Å². The minimum atomic E-state index is 0.626. The van der Waals surface area contributed by atoms with Crippen molar-refractivity contribution in [3.63, 3.8) is 0 Å². The summed E-state index contributed by atoms with van der Waals surface area (Å²) in [5, 5.41) is 12.9. The fourth-order valence-electron chi connectivity index (χ4n) is 3.52. The van der Waals surface area contributed by atoms with Gasteiger partial charge in [-0.1, -0.05) is 29.4 Å². The molecule has 1 fully saturated rings. The van der Waals surface area contributed by atoms with Crippen LogP contribution in [0.4, 0.5) is 0 Å². The quantitative estimate of drug-likeness (QED) is 0.594. The van der Waals surface area contributed by atoms with Crippen LogP contribution in [0.25, 0.3) is 11.1 Å². The highest BCUT2D eigenvalue weighted by atomic mass is 16.5. The van der Waals surface area contributed by atoms with Gasteiger partial charge in [0.05, 0.1) is 0 Å². The Labute approximate surface area is 136 Å². The van der Waals surface area contributed by atoms with Crippen molar-refractivity contribution in [1.82, 2.24) is 4.90 Å². The first kappa shape index (κ1) is 14.3. The van der Waals surface area contributed by atoms with Crippen LogP contribution >= 0.6 is 0 Å². The molecule has 2 aliphatic rings. The molecule has 4 heteroatoms. The van der Waals surface area contributed by atoms with Crippen molar-refractivity contribution in [2.75, 3.05) is 26.2 Å². The maximum absolute atomic E-state index is 9.41. The molecule has 0 unspecified atom stereocenters. The van der Waals surface area contributed by atoms with Gasteiger partial charge < -0.3 is 9.94 Å². The second-order valence-corrected chi connectivity index (χ2v) is 6.10. The second kappa shape index (κ2) is 6.05. The molecule has 4 rings (SSSR count). The lowest BCUT2D eigenvalue weighted by Gasteiger charge is -2.15. The molecule has 1 aliphatic carbocycles. The van der Waals surface area contributed by atoms with Crippen molar-refractivity contribution in [1.29, 1.82) is 0 Å². The Morgan fingerprint density at radius 2 is 1.70 bits per heavy atom. The molecule has 4 nitrogen and oxygen atoms in total. The Balaban J connectivity index is 1.53. The van der Waals surface area contributed by atoms with E-state index in [2.05, 4.69) is 22.2 Å². The lowest BCUT2D eigenvalue weighted by Crippen LogP contribution is -2.25. The fourth-order valence-corrected chi connectivity index (χ4v) is 3.52.